The van der Waals surface area contributed by atoms with Crippen molar-refractivity contribution in [3.63, 3.8) is 0 Å². The van der Waals surface area contributed by atoms with Crippen LogP contribution in [0.3, 0.4) is 0 Å². The molecule has 0 spiro atoms. The molecule has 0 aliphatic heterocycles. The molecule has 100 valence electrons. The Bertz CT molecular complexity index is 595. The van der Waals surface area contributed by atoms with Gasteiger partial charge in [-0.3, -0.25) is 0 Å². The van der Waals surface area contributed by atoms with Crippen molar-refractivity contribution in [1.29, 1.82) is 0 Å². The van der Waals surface area contributed by atoms with E-state index in [1.165, 1.54) is 0 Å². The predicted octanol–water partition coefficient (Wildman–Crippen LogP) is 2.63. The number of aliphatic hydroxyl groups excluding tert-OH is 1. The minimum atomic E-state index is -2.10. The first kappa shape index (κ1) is 13.9. The lowest BCUT2D eigenvalue weighted by molar-refractivity contribution is 0.297. The summed E-state index contributed by atoms with van der Waals surface area (Å²) in [6.07, 6.45) is 0. The van der Waals surface area contributed by atoms with Gasteiger partial charge in [0.1, 0.15) is 13.6 Å². The van der Waals surface area contributed by atoms with Gasteiger partial charge >= 0.3 is 0 Å². The van der Waals surface area contributed by atoms with Gasteiger partial charge in [-0.15, -0.1) is 0 Å². The van der Waals surface area contributed by atoms with Crippen molar-refractivity contribution in [1.82, 2.24) is 0 Å². The molecule has 0 aliphatic carbocycles. The Morgan fingerprint density at radius 2 is 1.63 bits per heavy atom. The van der Waals surface area contributed by atoms with Crippen molar-refractivity contribution in [2.75, 3.05) is 6.61 Å². The Morgan fingerprint density at radius 3 is 2.26 bits per heavy atom. The zero-order valence-corrected chi connectivity index (χ0v) is 11.7. The lowest BCUT2D eigenvalue weighted by atomic mass is 10.0. The van der Waals surface area contributed by atoms with Gasteiger partial charge in [0.15, 0.2) is 0 Å². The number of benzene rings is 2. The van der Waals surface area contributed by atoms with Gasteiger partial charge in [-0.1, -0.05) is 49.4 Å². The van der Waals surface area contributed by atoms with Crippen LogP contribution in [-0.2, 0) is 4.57 Å². The Morgan fingerprint density at radius 1 is 1.05 bits per heavy atom. The summed E-state index contributed by atoms with van der Waals surface area (Å²) in [6, 6.07) is 14.3. The quantitative estimate of drug-likeness (QED) is 0.844. The first-order valence-corrected chi connectivity index (χ1v) is 7.66. The molecule has 2 N–H and O–H groups in total. The highest BCUT2D eigenvalue weighted by molar-refractivity contribution is 7.54. The molecule has 2 aromatic carbocycles. The van der Waals surface area contributed by atoms with Crippen LogP contribution < -0.4 is 5.30 Å². The molecule has 0 fully saturated rings. The minimum Gasteiger partial charge on any atom is -0.507 e. The molecule has 3 nitrogen and oxygen atoms in total. The molecule has 2 aromatic rings. The van der Waals surface area contributed by atoms with Gasteiger partial charge in [-0.2, -0.15) is 0 Å². The van der Waals surface area contributed by atoms with Crippen molar-refractivity contribution in [2.45, 2.75) is 12.6 Å². The fourth-order valence-corrected chi connectivity index (χ4v) is 3.42. The highest BCUT2D eigenvalue weighted by Gasteiger charge is 2.17. The number of phenolic OH excluding ortho intramolecular Hbond substituents is 1. The van der Waals surface area contributed by atoms with Crippen molar-refractivity contribution in [2.24, 2.45) is 0 Å². The van der Waals surface area contributed by atoms with Crippen LogP contribution in [0, 0.1) is 0 Å². The van der Waals surface area contributed by atoms with Gasteiger partial charge < -0.3 is 14.8 Å². The maximum atomic E-state index is 12.4. The fraction of sp³-hybridized carbons (Fsp3) is 0.200. The van der Waals surface area contributed by atoms with Crippen LogP contribution in [0.5, 0.6) is 5.75 Å². The van der Waals surface area contributed by atoms with Gasteiger partial charge in [0, 0.05) is 16.5 Å². The second-order valence-corrected chi connectivity index (χ2v) is 6.76. The molecule has 0 saturated heterocycles. The molecule has 0 saturated carbocycles. The standard InChI is InChI=1S/C15H17O3P/c1-11(10-16)19(18)15-9-5-3-7-13(15)12-6-2-4-8-14(12)17/h2-9,11,16-17,19H,10H2,1H3. The maximum absolute atomic E-state index is 12.4. The van der Waals surface area contributed by atoms with Gasteiger partial charge in [0.2, 0.25) is 0 Å². The van der Waals surface area contributed by atoms with Crippen LogP contribution in [0.15, 0.2) is 48.5 Å². The van der Waals surface area contributed by atoms with Crippen LogP contribution >= 0.6 is 7.80 Å². The smallest absolute Gasteiger partial charge is 0.123 e. The molecule has 0 amide bonds. The van der Waals surface area contributed by atoms with Crippen LogP contribution in [0.2, 0.25) is 0 Å². The summed E-state index contributed by atoms with van der Waals surface area (Å²) >= 11 is 0. The van der Waals surface area contributed by atoms with Crippen LogP contribution in [0.1, 0.15) is 6.92 Å². The van der Waals surface area contributed by atoms with Gasteiger partial charge in [0.25, 0.3) is 0 Å². The summed E-state index contributed by atoms with van der Waals surface area (Å²) in [5.41, 5.74) is 1.17. The normalized spacial score (nSPS) is 14.0. The van der Waals surface area contributed by atoms with Crippen molar-refractivity contribution in [3.05, 3.63) is 48.5 Å². The molecule has 0 aliphatic rings. The summed E-state index contributed by atoms with van der Waals surface area (Å²) in [7, 11) is -2.10. The van der Waals surface area contributed by atoms with Crippen molar-refractivity contribution >= 4 is 13.1 Å². The summed E-state index contributed by atoms with van der Waals surface area (Å²) in [5, 5.41) is 19.8. The number of aliphatic hydroxyl groups is 1. The average Bonchev–Trinajstić information content (AvgIpc) is 2.46. The van der Waals surface area contributed by atoms with Crippen LogP contribution in [0.4, 0.5) is 0 Å². The molecule has 19 heavy (non-hydrogen) atoms. The average molecular weight is 276 g/mol. The lowest BCUT2D eigenvalue weighted by Gasteiger charge is -2.14. The Kier molecular flexibility index (Phi) is 4.41. The summed E-state index contributed by atoms with van der Waals surface area (Å²) in [4.78, 5) is 0. The van der Waals surface area contributed by atoms with Crippen LogP contribution in [0.25, 0.3) is 11.1 Å². The molecule has 2 atom stereocenters. The molecule has 2 rings (SSSR count). The Balaban J connectivity index is 2.54. The predicted molar refractivity (Wildman–Crippen MR) is 78.7 cm³/mol. The zero-order chi connectivity index (χ0) is 13.8. The minimum absolute atomic E-state index is 0.104. The van der Waals surface area contributed by atoms with Crippen molar-refractivity contribution < 1.29 is 14.8 Å². The molecular formula is C15H17O3P. The van der Waals surface area contributed by atoms with E-state index < -0.39 is 7.80 Å². The van der Waals surface area contributed by atoms with E-state index in [0.717, 1.165) is 5.56 Å². The largest absolute Gasteiger partial charge is 0.507 e. The van der Waals surface area contributed by atoms with E-state index >= 15 is 0 Å². The summed E-state index contributed by atoms with van der Waals surface area (Å²) in [6.45, 7) is 1.66. The molecule has 0 aromatic heterocycles. The Labute approximate surface area is 113 Å². The number of hydrogen-bond acceptors (Lipinski definition) is 3. The maximum Gasteiger partial charge on any atom is 0.123 e. The zero-order valence-electron chi connectivity index (χ0n) is 10.7. The van der Waals surface area contributed by atoms with E-state index in [-0.39, 0.29) is 18.0 Å². The van der Waals surface area contributed by atoms with E-state index in [1.54, 1.807) is 31.2 Å². The van der Waals surface area contributed by atoms with Gasteiger partial charge in [-0.25, -0.2) is 0 Å². The number of rotatable bonds is 4. The summed E-state index contributed by atoms with van der Waals surface area (Å²) in [5.74, 6) is 0.168. The highest BCUT2D eigenvalue weighted by atomic mass is 31.1. The number of para-hydroxylation sites is 1. The third-order valence-electron chi connectivity index (χ3n) is 3.11. The third-order valence-corrected chi connectivity index (χ3v) is 5.15. The van der Waals surface area contributed by atoms with E-state index in [1.807, 2.05) is 24.3 Å². The van der Waals surface area contributed by atoms with E-state index in [0.29, 0.717) is 10.9 Å². The van der Waals surface area contributed by atoms with E-state index in [4.69, 9.17) is 5.11 Å². The lowest BCUT2D eigenvalue weighted by Crippen LogP contribution is -2.11. The molecule has 0 heterocycles. The first-order valence-electron chi connectivity index (χ1n) is 6.17. The molecular weight excluding hydrogens is 259 g/mol. The monoisotopic (exact) mass is 276 g/mol. The van der Waals surface area contributed by atoms with Gasteiger partial charge in [-0.05, 0) is 11.6 Å². The summed E-state index contributed by atoms with van der Waals surface area (Å²) < 4.78 is 12.4. The number of hydrogen-bond donors (Lipinski definition) is 2. The van der Waals surface area contributed by atoms with Gasteiger partial charge in [0.05, 0.1) is 6.61 Å². The number of aromatic hydroxyl groups is 1. The molecule has 0 bridgehead atoms. The Hall–Kier alpha value is -1.57. The molecule has 4 heteroatoms. The topological polar surface area (TPSA) is 57.5 Å². The third kappa shape index (κ3) is 2.89. The second kappa shape index (κ2) is 6.05. The second-order valence-electron chi connectivity index (χ2n) is 4.51. The SMILES string of the molecule is CC(CO)[PH](=O)c1ccccc1-c1ccccc1O. The van der Waals surface area contributed by atoms with E-state index in [2.05, 4.69) is 0 Å². The number of phenols is 1. The first-order chi connectivity index (χ1) is 9.15. The van der Waals surface area contributed by atoms with Crippen molar-refractivity contribution in [3.8, 4) is 16.9 Å². The molecule has 0 radical (unpaired) electrons. The van der Waals surface area contributed by atoms with Crippen LogP contribution in [-0.4, -0.2) is 22.5 Å². The fourth-order valence-electron chi connectivity index (χ4n) is 1.98. The molecule has 2 unspecified atom stereocenters. The van der Waals surface area contributed by atoms with E-state index in [9.17, 15) is 9.67 Å². The highest BCUT2D eigenvalue weighted by Crippen LogP contribution is 2.35.